The Kier molecular flexibility index (Phi) is 6.04. The molecule has 0 aliphatic carbocycles. The van der Waals surface area contributed by atoms with Crippen LogP contribution in [0.2, 0.25) is 5.02 Å². The molecule has 1 aliphatic rings. The molecule has 1 aromatic heterocycles. The molecule has 32 heavy (non-hydrogen) atoms. The van der Waals surface area contributed by atoms with Crippen LogP contribution >= 0.6 is 11.6 Å². The van der Waals surface area contributed by atoms with Crippen molar-refractivity contribution in [2.45, 2.75) is 26.0 Å². The van der Waals surface area contributed by atoms with Gasteiger partial charge in [-0.15, -0.1) is 0 Å². The van der Waals surface area contributed by atoms with Gasteiger partial charge in [0.15, 0.2) is 11.5 Å². The van der Waals surface area contributed by atoms with Gasteiger partial charge in [0.05, 0.1) is 12.7 Å². The van der Waals surface area contributed by atoms with Crippen molar-refractivity contribution in [2.24, 2.45) is 0 Å². The summed E-state index contributed by atoms with van der Waals surface area (Å²) >= 11 is 5.92. The third kappa shape index (κ3) is 4.84. The molecule has 0 fully saturated rings. The number of hydrogen-bond acceptors (Lipinski definition) is 5. The van der Waals surface area contributed by atoms with Gasteiger partial charge in [0.25, 0.3) is 5.91 Å². The number of aromatic nitrogens is 1. The van der Waals surface area contributed by atoms with Crippen LogP contribution in [-0.2, 0) is 6.54 Å². The third-order valence-corrected chi connectivity index (χ3v) is 5.24. The van der Waals surface area contributed by atoms with Gasteiger partial charge in [-0.25, -0.2) is 0 Å². The van der Waals surface area contributed by atoms with Crippen molar-refractivity contribution in [1.29, 1.82) is 0 Å². The standard InChI is InChI=1S/C24H25ClN2O5/c1-24(2,29)15-31-21-9-6-17(12-22(21)30-3)27-11-10-26-14-19(13-20(26)23(27)28)32-18-7-4-16(25)5-8-18/h4-9,12-14,29H,10-11,15H2,1-3H3. The fourth-order valence-corrected chi connectivity index (χ4v) is 3.56. The topological polar surface area (TPSA) is 73.2 Å². The lowest BCUT2D eigenvalue weighted by Crippen LogP contribution is -2.39. The summed E-state index contributed by atoms with van der Waals surface area (Å²) in [4.78, 5) is 14.9. The fraction of sp³-hybridized carbons (Fsp3) is 0.292. The molecule has 2 heterocycles. The van der Waals surface area contributed by atoms with E-state index in [1.807, 2.05) is 16.8 Å². The Morgan fingerprint density at radius 3 is 2.47 bits per heavy atom. The maximum absolute atomic E-state index is 13.2. The molecule has 4 rings (SSSR count). The second kappa shape index (κ2) is 8.76. The molecule has 168 valence electrons. The summed E-state index contributed by atoms with van der Waals surface area (Å²) in [6.45, 7) is 4.59. The van der Waals surface area contributed by atoms with Crippen LogP contribution in [0.5, 0.6) is 23.0 Å². The first-order valence-corrected chi connectivity index (χ1v) is 10.6. The molecule has 1 aliphatic heterocycles. The zero-order valence-electron chi connectivity index (χ0n) is 18.2. The summed E-state index contributed by atoms with van der Waals surface area (Å²) in [7, 11) is 1.54. The van der Waals surface area contributed by atoms with Crippen molar-refractivity contribution in [3.8, 4) is 23.0 Å². The molecule has 1 N–H and O–H groups in total. The zero-order chi connectivity index (χ0) is 22.9. The highest BCUT2D eigenvalue weighted by atomic mass is 35.5. The van der Waals surface area contributed by atoms with E-state index in [0.29, 0.717) is 52.5 Å². The maximum Gasteiger partial charge on any atom is 0.275 e. The van der Waals surface area contributed by atoms with E-state index in [-0.39, 0.29) is 12.5 Å². The van der Waals surface area contributed by atoms with Gasteiger partial charge in [0, 0.05) is 42.1 Å². The molecule has 0 bridgehead atoms. The predicted molar refractivity (Wildman–Crippen MR) is 122 cm³/mol. The van der Waals surface area contributed by atoms with Crippen molar-refractivity contribution in [1.82, 2.24) is 4.57 Å². The lowest BCUT2D eigenvalue weighted by Gasteiger charge is -2.29. The quantitative estimate of drug-likeness (QED) is 0.555. The molecule has 0 spiro atoms. The Balaban J connectivity index is 1.53. The maximum atomic E-state index is 13.2. The number of aliphatic hydroxyl groups is 1. The molecule has 0 saturated carbocycles. The van der Waals surface area contributed by atoms with E-state index in [1.54, 1.807) is 68.3 Å². The van der Waals surface area contributed by atoms with Crippen LogP contribution < -0.4 is 19.1 Å². The van der Waals surface area contributed by atoms with Crippen LogP contribution in [0.4, 0.5) is 5.69 Å². The van der Waals surface area contributed by atoms with Crippen LogP contribution in [0.25, 0.3) is 0 Å². The number of methoxy groups -OCH3 is 1. The molecule has 0 saturated heterocycles. The van der Waals surface area contributed by atoms with Crippen LogP contribution in [-0.4, -0.2) is 41.4 Å². The Hall–Kier alpha value is -3.16. The van der Waals surface area contributed by atoms with Gasteiger partial charge in [-0.3, -0.25) is 4.79 Å². The first-order chi connectivity index (χ1) is 15.2. The Labute approximate surface area is 191 Å². The molecular formula is C24H25ClN2O5. The van der Waals surface area contributed by atoms with E-state index < -0.39 is 5.60 Å². The number of fused-ring (bicyclic) bond motifs is 1. The molecule has 7 nitrogen and oxygen atoms in total. The van der Waals surface area contributed by atoms with Gasteiger partial charge in [0.1, 0.15) is 23.8 Å². The molecular weight excluding hydrogens is 432 g/mol. The molecule has 0 atom stereocenters. The van der Waals surface area contributed by atoms with Gasteiger partial charge < -0.3 is 28.8 Å². The highest BCUT2D eigenvalue weighted by Crippen LogP contribution is 2.34. The number of rotatable bonds is 7. The minimum absolute atomic E-state index is 0.120. The number of benzene rings is 2. The summed E-state index contributed by atoms with van der Waals surface area (Å²) in [6, 6.07) is 14.1. The van der Waals surface area contributed by atoms with E-state index >= 15 is 0 Å². The van der Waals surface area contributed by atoms with Gasteiger partial charge >= 0.3 is 0 Å². The monoisotopic (exact) mass is 456 g/mol. The first kappa shape index (κ1) is 22.0. The van der Waals surface area contributed by atoms with Crippen molar-refractivity contribution in [2.75, 3.05) is 25.2 Å². The lowest BCUT2D eigenvalue weighted by molar-refractivity contribution is 0.0276. The highest BCUT2D eigenvalue weighted by molar-refractivity contribution is 6.30. The summed E-state index contributed by atoms with van der Waals surface area (Å²) in [5.41, 5.74) is 0.278. The van der Waals surface area contributed by atoms with Gasteiger partial charge in [0.2, 0.25) is 0 Å². The Morgan fingerprint density at radius 2 is 1.78 bits per heavy atom. The normalized spacial score (nSPS) is 13.7. The number of carbonyl (C=O) groups is 1. The molecule has 3 aromatic rings. The number of halogens is 1. The van der Waals surface area contributed by atoms with E-state index in [2.05, 4.69) is 0 Å². The summed E-state index contributed by atoms with van der Waals surface area (Å²) < 4.78 is 18.9. The minimum Gasteiger partial charge on any atom is -0.493 e. The average molecular weight is 457 g/mol. The number of amides is 1. The molecule has 0 unspecified atom stereocenters. The third-order valence-electron chi connectivity index (χ3n) is 4.99. The van der Waals surface area contributed by atoms with Gasteiger partial charge in [-0.2, -0.15) is 0 Å². The predicted octanol–water partition coefficient (Wildman–Crippen LogP) is 4.75. The van der Waals surface area contributed by atoms with Crippen LogP contribution in [0, 0.1) is 0 Å². The molecule has 2 aromatic carbocycles. The summed E-state index contributed by atoms with van der Waals surface area (Å²) in [5, 5.41) is 10.5. The molecule has 8 heteroatoms. The lowest BCUT2D eigenvalue weighted by atomic mass is 10.1. The van der Waals surface area contributed by atoms with Gasteiger partial charge in [-0.05, 0) is 50.2 Å². The van der Waals surface area contributed by atoms with Crippen molar-refractivity contribution in [3.63, 3.8) is 0 Å². The highest BCUT2D eigenvalue weighted by Gasteiger charge is 2.28. The summed E-state index contributed by atoms with van der Waals surface area (Å²) in [6.07, 6.45) is 1.83. The van der Waals surface area contributed by atoms with Crippen molar-refractivity contribution < 1.29 is 24.1 Å². The summed E-state index contributed by atoms with van der Waals surface area (Å²) in [5.74, 6) is 2.10. The Morgan fingerprint density at radius 1 is 1.03 bits per heavy atom. The second-order valence-electron chi connectivity index (χ2n) is 8.20. The number of nitrogens with zero attached hydrogens (tertiary/aromatic N) is 2. The SMILES string of the molecule is COc1cc(N2CCn3cc(Oc4ccc(Cl)cc4)cc3C2=O)ccc1OCC(C)(C)O. The largest absolute Gasteiger partial charge is 0.493 e. The van der Waals surface area contributed by atoms with E-state index in [1.165, 1.54) is 0 Å². The van der Waals surface area contributed by atoms with Gasteiger partial charge in [-0.1, -0.05) is 11.6 Å². The zero-order valence-corrected chi connectivity index (χ0v) is 18.9. The van der Waals surface area contributed by atoms with Crippen molar-refractivity contribution in [3.05, 3.63) is 65.4 Å². The van der Waals surface area contributed by atoms with E-state index in [0.717, 1.165) is 0 Å². The molecule has 1 amide bonds. The van der Waals surface area contributed by atoms with Crippen LogP contribution in [0.1, 0.15) is 24.3 Å². The smallest absolute Gasteiger partial charge is 0.275 e. The van der Waals surface area contributed by atoms with Crippen LogP contribution in [0.3, 0.4) is 0 Å². The van der Waals surface area contributed by atoms with Crippen molar-refractivity contribution >= 4 is 23.2 Å². The number of ether oxygens (including phenoxy) is 3. The van der Waals surface area contributed by atoms with E-state index in [9.17, 15) is 9.90 Å². The first-order valence-electron chi connectivity index (χ1n) is 10.2. The number of hydrogen-bond donors (Lipinski definition) is 1. The van der Waals surface area contributed by atoms with E-state index in [4.69, 9.17) is 25.8 Å². The average Bonchev–Trinajstić information content (AvgIpc) is 3.17. The fourth-order valence-electron chi connectivity index (χ4n) is 3.43. The van der Waals surface area contributed by atoms with Crippen LogP contribution in [0.15, 0.2) is 54.7 Å². The Bertz CT molecular complexity index is 1120. The molecule has 0 radical (unpaired) electrons. The number of carbonyl (C=O) groups excluding carboxylic acids is 1. The number of anilines is 1. The second-order valence-corrected chi connectivity index (χ2v) is 8.64. The minimum atomic E-state index is -0.969.